The maximum atomic E-state index is 12.5. The Morgan fingerprint density at radius 3 is 0.922 bits per heavy atom. The number of allylic oxidation sites excluding steroid dienone is 4. The van der Waals surface area contributed by atoms with Crippen molar-refractivity contribution >= 4 is 11.9 Å². The van der Waals surface area contributed by atoms with Crippen LogP contribution in [0.25, 0.3) is 0 Å². The van der Waals surface area contributed by atoms with Gasteiger partial charge in [-0.1, -0.05) is 327 Å². The summed E-state index contributed by atoms with van der Waals surface area (Å²) >= 11 is 0. The highest BCUT2D eigenvalue weighted by atomic mass is 16.5. The molecule has 77 heavy (non-hydrogen) atoms. The summed E-state index contributed by atoms with van der Waals surface area (Å²) in [5.41, 5.74) is 0. The largest absolute Gasteiger partial charge is 0.466 e. The first kappa shape index (κ1) is 75.3. The normalized spacial score (nSPS) is 12.6. The predicted octanol–water partition coefficient (Wildman–Crippen LogP) is 22.5. The molecule has 3 N–H and O–H groups in total. The second kappa shape index (κ2) is 66.8. The van der Waals surface area contributed by atoms with Crippen LogP contribution in [0, 0.1) is 0 Å². The van der Waals surface area contributed by atoms with Gasteiger partial charge in [-0.2, -0.15) is 0 Å². The highest BCUT2D eigenvalue weighted by molar-refractivity contribution is 5.76. The summed E-state index contributed by atoms with van der Waals surface area (Å²) in [4.78, 5) is 24.6. The third-order valence-electron chi connectivity index (χ3n) is 16.5. The lowest BCUT2D eigenvalue weighted by Gasteiger charge is -2.22. The van der Waals surface area contributed by atoms with Crippen molar-refractivity contribution in [1.29, 1.82) is 0 Å². The maximum absolute atomic E-state index is 12.5. The molecule has 0 aliphatic rings. The molecule has 1 amide bonds. The van der Waals surface area contributed by atoms with Crippen LogP contribution < -0.4 is 5.32 Å². The average Bonchev–Trinajstić information content (AvgIpc) is 3.43. The molecule has 0 aliphatic carbocycles. The van der Waals surface area contributed by atoms with Gasteiger partial charge in [0, 0.05) is 12.8 Å². The molecule has 0 aromatic heterocycles. The van der Waals surface area contributed by atoms with Gasteiger partial charge in [0.15, 0.2) is 0 Å². The van der Waals surface area contributed by atoms with Gasteiger partial charge in [0.1, 0.15) is 0 Å². The minimum Gasteiger partial charge on any atom is -0.466 e. The summed E-state index contributed by atoms with van der Waals surface area (Å²) < 4.78 is 5.48. The third kappa shape index (κ3) is 63.4. The first-order valence-electron chi connectivity index (χ1n) is 35.1. The fourth-order valence-electron chi connectivity index (χ4n) is 11.1. The van der Waals surface area contributed by atoms with Crippen molar-refractivity contribution in [1.82, 2.24) is 5.32 Å². The molecule has 0 rings (SSSR count). The van der Waals surface area contributed by atoms with Crippen molar-refractivity contribution in [3.63, 3.8) is 0 Å². The van der Waals surface area contributed by atoms with Gasteiger partial charge < -0.3 is 20.3 Å². The number of esters is 1. The Bertz CT molecular complexity index is 1200. The number of amides is 1. The number of carbonyl (C=O) groups is 2. The van der Waals surface area contributed by atoms with E-state index in [2.05, 4.69) is 43.5 Å². The second-order valence-corrected chi connectivity index (χ2v) is 24.2. The number of rotatable bonds is 66. The van der Waals surface area contributed by atoms with Crippen LogP contribution in [0.4, 0.5) is 0 Å². The zero-order chi connectivity index (χ0) is 55.7. The summed E-state index contributed by atoms with van der Waals surface area (Å²) in [5.74, 6) is -0.0212. The van der Waals surface area contributed by atoms with Gasteiger partial charge in [0.2, 0.25) is 5.91 Å². The summed E-state index contributed by atoms with van der Waals surface area (Å²) in [6.45, 7) is 4.97. The molecule has 6 heteroatoms. The lowest BCUT2D eigenvalue weighted by atomic mass is 10.0. The summed E-state index contributed by atoms with van der Waals surface area (Å²) in [7, 11) is 0. The molecule has 2 atom stereocenters. The minimum atomic E-state index is -0.663. The Labute approximate surface area is 481 Å². The molecule has 0 spiro atoms. The number of ether oxygens (including phenoxy) is 1. The van der Waals surface area contributed by atoms with Crippen molar-refractivity contribution in [3.8, 4) is 0 Å². The molecule has 0 radical (unpaired) electrons. The van der Waals surface area contributed by atoms with Crippen LogP contribution in [0.3, 0.4) is 0 Å². The number of aliphatic hydroxyl groups is 2. The Kier molecular flexibility index (Phi) is 65.4. The predicted molar refractivity (Wildman–Crippen MR) is 338 cm³/mol. The van der Waals surface area contributed by atoms with Gasteiger partial charge in [-0.15, -0.1) is 0 Å². The standard InChI is InChI=1S/C71H137NO5/c1-3-5-7-9-11-13-15-17-19-36-39-43-47-51-55-59-63-69(74)68(67-73)72-70(75)64-60-56-52-48-44-40-37-34-32-30-28-26-24-22-20-21-23-25-27-29-31-33-35-38-42-46-50-54-58-62-66-77-71(76)65-61-57-53-49-45-41-18-16-14-12-10-8-6-4-2/h16,18,21,23,68-69,73-74H,3-15,17,19-20,22,24-67H2,1-2H3,(H,72,75)/b18-16-,23-21-. The number of hydrogen-bond acceptors (Lipinski definition) is 5. The Morgan fingerprint density at radius 1 is 0.351 bits per heavy atom. The molecule has 6 nitrogen and oxygen atoms in total. The van der Waals surface area contributed by atoms with E-state index in [0.717, 1.165) is 44.9 Å². The van der Waals surface area contributed by atoms with Crippen molar-refractivity contribution in [3.05, 3.63) is 24.3 Å². The van der Waals surface area contributed by atoms with E-state index in [1.54, 1.807) is 0 Å². The Balaban J connectivity index is 3.36. The second-order valence-electron chi connectivity index (χ2n) is 24.2. The monoisotopic (exact) mass is 1080 g/mol. The van der Waals surface area contributed by atoms with E-state index in [9.17, 15) is 19.8 Å². The highest BCUT2D eigenvalue weighted by Crippen LogP contribution is 2.19. The smallest absolute Gasteiger partial charge is 0.305 e. The zero-order valence-corrected chi connectivity index (χ0v) is 52.2. The molecule has 0 aromatic rings. The van der Waals surface area contributed by atoms with Crippen molar-refractivity contribution in [2.75, 3.05) is 13.2 Å². The first-order chi connectivity index (χ1) is 38.0. The van der Waals surface area contributed by atoms with Crippen molar-refractivity contribution in [2.45, 2.75) is 405 Å². The Morgan fingerprint density at radius 2 is 0.610 bits per heavy atom. The average molecular weight is 1080 g/mol. The van der Waals surface area contributed by atoms with Crippen LogP contribution in [-0.4, -0.2) is 47.4 Å². The van der Waals surface area contributed by atoms with E-state index >= 15 is 0 Å². The number of nitrogens with one attached hydrogen (secondary N) is 1. The quantitative estimate of drug-likeness (QED) is 0.0320. The fraction of sp³-hybridized carbons (Fsp3) is 0.915. The van der Waals surface area contributed by atoms with Crippen LogP contribution in [0.2, 0.25) is 0 Å². The number of carbonyl (C=O) groups excluding carboxylic acids is 2. The van der Waals surface area contributed by atoms with Crippen LogP contribution in [0.5, 0.6) is 0 Å². The fourth-order valence-corrected chi connectivity index (χ4v) is 11.1. The lowest BCUT2D eigenvalue weighted by molar-refractivity contribution is -0.143. The molecule has 0 bridgehead atoms. The number of hydrogen-bond donors (Lipinski definition) is 3. The van der Waals surface area contributed by atoms with Gasteiger partial charge in [0.25, 0.3) is 0 Å². The maximum Gasteiger partial charge on any atom is 0.305 e. The molecule has 0 fully saturated rings. The van der Waals surface area contributed by atoms with Crippen molar-refractivity contribution in [2.24, 2.45) is 0 Å². The highest BCUT2D eigenvalue weighted by Gasteiger charge is 2.20. The van der Waals surface area contributed by atoms with E-state index < -0.39 is 12.1 Å². The molecule has 2 unspecified atom stereocenters. The summed E-state index contributed by atoms with van der Waals surface area (Å²) in [6, 6.07) is -0.540. The zero-order valence-electron chi connectivity index (χ0n) is 52.2. The van der Waals surface area contributed by atoms with Gasteiger partial charge in [-0.25, -0.2) is 0 Å². The summed E-state index contributed by atoms with van der Waals surface area (Å²) in [6.07, 6.45) is 83.7. The van der Waals surface area contributed by atoms with Crippen molar-refractivity contribution < 1.29 is 24.5 Å². The van der Waals surface area contributed by atoms with Crippen LogP contribution in [-0.2, 0) is 14.3 Å². The molecule has 0 heterocycles. The summed E-state index contributed by atoms with van der Waals surface area (Å²) in [5, 5.41) is 23.3. The molecule has 0 aromatic carbocycles. The Hall–Kier alpha value is -1.66. The van der Waals surface area contributed by atoms with E-state index in [0.29, 0.717) is 25.9 Å². The van der Waals surface area contributed by atoms with E-state index in [4.69, 9.17) is 4.74 Å². The minimum absolute atomic E-state index is 0.00914. The van der Waals surface area contributed by atoms with Gasteiger partial charge in [0.05, 0.1) is 25.4 Å². The lowest BCUT2D eigenvalue weighted by Crippen LogP contribution is -2.45. The number of unbranched alkanes of at least 4 members (excludes halogenated alkanes) is 51. The van der Waals surface area contributed by atoms with Gasteiger partial charge >= 0.3 is 5.97 Å². The van der Waals surface area contributed by atoms with E-state index in [1.807, 2.05) is 0 Å². The molecule has 0 saturated heterocycles. The molecule has 0 aliphatic heterocycles. The van der Waals surface area contributed by atoms with Crippen LogP contribution in [0.1, 0.15) is 393 Å². The van der Waals surface area contributed by atoms with Gasteiger partial charge in [-0.3, -0.25) is 9.59 Å². The molecular weight excluding hydrogens is 947 g/mol. The molecule has 0 saturated carbocycles. The van der Waals surface area contributed by atoms with Crippen LogP contribution >= 0.6 is 0 Å². The van der Waals surface area contributed by atoms with E-state index in [1.165, 1.54) is 315 Å². The first-order valence-corrected chi connectivity index (χ1v) is 35.1. The molecular formula is C71H137NO5. The van der Waals surface area contributed by atoms with Crippen LogP contribution in [0.15, 0.2) is 24.3 Å². The van der Waals surface area contributed by atoms with E-state index in [-0.39, 0.29) is 18.5 Å². The topological polar surface area (TPSA) is 95.9 Å². The molecule has 456 valence electrons. The van der Waals surface area contributed by atoms with Gasteiger partial charge in [-0.05, 0) is 77.0 Å². The third-order valence-corrected chi connectivity index (χ3v) is 16.5. The SMILES string of the molecule is CCCCCCC/C=C\CCCCCCCC(=O)OCCCCCCCCCCCCCC/C=C\CCCCCCCCCCCCCCCCC(=O)NC(CO)C(O)CCCCCCCCCCCCCCCCCC. The number of aliphatic hydroxyl groups excluding tert-OH is 2.